The molecule has 0 saturated carbocycles. The Morgan fingerprint density at radius 2 is 1.59 bits per heavy atom. The van der Waals surface area contributed by atoms with Gasteiger partial charge in [-0.25, -0.2) is 0 Å². The van der Waals surface area contributed by atoms with Crippen LogP contribution in [-0.2, 0) is 13.2 Å². The summed E-state index contributed by atoms with van der Waals surface area (Å²) in [5, 5.41) is 18.4. The number of rotatable bonds is 6. The lowest BCUT2D eigenvalue weighted by Gasteiger charge is -2.36. The van der Waals surface area contributed by atoms with Gasteiger partial charge in [0.25, 0.3) is 0 Å². The second kappa shape index (κ2) is 6.15. The van der Waals surface area contributed by atoms with Gasteiger partial charge in [0.1, 0.15) is 0 Å². The molecule has 0 heterocycles. The predicted octanol–water partition coefficient (Wildman–Crippen LogP) is 1.77. The highest BCUT2D eigenvalue weighted by Crippen LogP contribution is 2.17. The second-order valence-electron chi connectivity index (χ2n) is 4.96. The predicted molar refractivity (Wildman–Crippen MR) is 69.6 cm³/mol. The van der Waals surface area contributed by atoms with Crippen LogP contribution in [0.25, 0.3) is 0 Å². The first-order chi connectivity index (χ1) is 8.03. The summed E-state index contributed by atoms with van der Waals surface area (Å²) in [6.45, 7) is 8.12. The topological polar surface area (TPSA) is 43.7 Å². The van der Waals surface area contributed by atoms with Crippen LogP contribution in [0.15, 0.2) is 24.3 Å². The first-order valence-corrected chi connectivity index (χ1v) is 6.08. The highest BCUT2D eigenvalue weighted by Gasteiger charge is 2.24. The van der Waals surface area contributed by atoms with Crippen LogP contribution in [0.2, 0.25) is 0 Å². The fourth-order valence-electron chi connectivity index (χ4n) is 1.82. The quantitative estimate of drug-likeness (QED) is 0.792. The van der Waals surface area contributed by atoms with E-state index in [0.29, 0.717) is 0 Å². The van der Waals surface area contributed by atoms with Gasteiger partial charge in [-0.15, -0.1) is 0 Å². The number of hydrogen-bond donors (Lipinski definition) is 2. The van der Waals surface area contributed by atoms with Crippen LogP contribution >= 0.6 is 0 Å². The molecule has 3 nitrogen and oxygen atoms in total. The molecule has 0 aliphatic carbocycles. The van der Waals surface area contributed by atoms with Crippen LogP contribution in [-0.4, -0.2) is 33.8 Å². The number of likely N-dealkylation sites (N-methyl/N-ethyl adjacent to an activating group) is 1. The summed E-state index contributed by atoms with van der Waals surface area (Å²) < 4.78 is 0. The van der Waals surface area contributed by atoms with Gasteiger partial charge in [0, 0.05) is 12.1 Å². The molecule has 96 valence electrons. The van der Waals surface area contributed by atoms with Crippen molar-refractivity contribution in [2.24, 2.45) is 0 Å². The van der Waals surface area contributed by atoms with Crippen molar-refractivity contribution in [1.29, 1.82) is 0 Å². The molecule has 1 rings (SSSR count). The molecule has 0 bridgehead atoms. The summed E-state index contributed by atoms with van der Waals surface area (Å²) in [5.41, 5.74) is 1.92. The van der Waals surface area contributed by atoms with Gasteiger partial charge in [-0.1, -0.05) is 31.2 Å². The van der Waals surface area contributed by atoms with Crippen LogP contribution in [0.1, 0.15) is 31.9 Å². The molecule has 0 aliphatic rings. The fourth-order valence-corrected chi connectivity index (χ4v) is 1.82. The Bertz CT molecular complexity index is 333. The van der Waals surface area contributed by atoms with Gasteiger partial charge in [-0.2, -0.15) is 0 Å². The molecule has 0 amide bonds. The third-order valence-electron chi connectivity index (χ3n) is 3.20. The monoisotopic (exact) mass is 237 g/mol. The van der Waals surface area contributed by atoms with Crippen molar-refractivity contribution in [3.05, 3.63) is 35.4 Å². The van der Waals surface area contributed by atoms with E-state index in [-0.39, 0.29) is 18.8 Å². The van der Waals surface area contributed by atoms with Gasteiger partial charge in [0.2, 0.25) is 0 Å². The largest absolute Gasteiger partial charge is 0.394 e. The number of nitrogens with zero attached hydrogens (tertiary/aromatic N) is 1. The van der Waals surface area contributed by atoms with Crippen LogP contribution in [0, 0.1) is 0 Å². The molecule has 0 aliphatic heterocycles. The van der Waals surface area contributed by atoms with Crippen LogP contribution in [0.4, 0.5) is 0 Å². The lowest BCUT2D eigenvalue weighted by atomic mass is 10.0. The zero-order valence-electron chi connectivity index (χ0n) is 11.0. The average Bonchev–Trinajstić information content (AvgIpc) is 2.36. The minimum atomic E-state index is -0.204. The first kappa shape index (κ1) is 14.2. The van der Waals surface area contributed by atoms with Crippen LogP contribution in [0.3, 0.4) is 0 Å². The third kappa shape index (κ3) is 3.80. The van der Waals surface area contributed by atoms with E-state index in [0.717, 1.165) is 18.7 Å². The van der Waals surface area contributed by atoms with Crippen molar-refractivity contribution in [1.82, 2.24) is 4.90 Å². The number of aliphatic hydroxyl groups is 2. The number of aliphatic hydroxyl groups excluding tert-OH is 2. The molecule has 0 aromatic heterocycles. The van der Waals surface area contributed by atoms with Crippen LogP contribution in [0.5, 0.6) is 0 Å². The number of benzene rings is 1. The van der Waals surface area contributed by atoms with Crippen molar-refractivity contribution >= 4 is 0 Å². The fraction of sp³-hybridized carbons (Fsp3) is 0.571. The van der Waals surface area contributed by atoms with Gasteiger partial charge in [0.15, 0.2) is 0 Å². The second-order valence-corrected chi connectivity index (χ2v) is 4.96. The Morgan fingerprint density at radius 3 is 2.00 bits per heavy atom. The Hall–Kier alpha value is -0.900. The Labute approximate surface area is 104 Å². The SMILES string of the molecule is CCN(Cc1ccc(CO)cc1)C(C)(C)CO. The molecule has 3 heteroatoms. The summed E-state index contributed by atoms with van der Waals surface area (Å²) in [4.78, 5) is 2.24. The molecular weight excluding hydrogens is 214 g/mol. The zero-order valence-corrected chi connectivity index (χ0v) is 11.0. The molecule has 1 aromatic carbocycles. The third-order valence-corrected chi connectivity index (χ3v) is 3.20. The van der Waals surface area contributed by atoms with Crippen molar-refractivity contribution in [3.8, 4) is 0 Å². The summed E-state index contributed by atoms with van der Waals surface area (Å²) in [6.07, 6.45) is 0. The van der Waals surface area contributed by atoms with E-state index in [4.69, 9.17) is 5.11 Å². The van der Waals surface area contributed by atoms with Gasteiger partial charge < -0.3 is 10.2 Å². The van der Waals surface area contributed by atoms with E-state index in [9.17, 15) is 5.11 Å². The molecule has 2 N–H and O–H groups in total. The minimum absolute atomic E-state index is 0.0832. The molecular formula is C14H23NO2. The molecule has 0 fully saturated rings. The van der Waals surface area contributed by atoms with Gasteiger partial charge in [-0.05, 0) is 31.5 Å². The lowest BCUT2D eigenvalue weighted by Crippen LogP contribution is -2.46. The maximum atomic E-state index is 9.38. The van der Waals surface area contributed by atoms with E-state index in [2.05, 4.69) is 11.8 Å². The van der Waals surface area contributed by atoms with E-state index in [1.165, 1.54) is 5.56 Å². The highest BCUT2D eigenvalue weighted by molar-refractivity contribution is 5.22. The molecule has 1 aromatic rings. The van der Waals surface area contributed by atoms with Crippen molar-refractivity contribution in [3.63, 3.8) is 0 Å². The van der Waals surface area contributed by atoms with Gasteiger partial charge >= 0.3 is 0 Å². The summed E-state index contributed by atoms with van der Waals surface area (Å²) in [7, 11) is 0. The maximum Gasteiger partial charge on any atom is 0.0681 e. The summed E-state index contributed by atoms with van der Waals surface area (Å²) >= 11 is 0. The molecule has 0 unspecified atom stereocenters. The zero-order chi connectivity index (χ0) is 12.9. The summed E-state index contributed by atoms with van der Waals surface area (Å²) in [5.74, 6) is 0. The molecule has 17 heavy (non-hydrogen) atoms. The maximum absolute atomic E-state index is 9.38. The van der Waals surface area contributed by atoms with Crippen molar-refractivity contribution in [2.45, 2.75) is 39.5 Å². The number of hydrogen-bond acceptors (Lipinski definition) is 3. The standard InChI is InChI=1S/C14H23NO2/c1-4-15(14(2,3)11-17)9-12-5-7-13(10-16)8-6-12/h5-8,16-17H,4,9-11H2,1-3H3. The Balaban J connectivity index is 2.73. The van der Waals surface area contributed by atoms with Crippen molar-refractivity contribution in [2.75, 3.05) is 13.2 Å². The van der Waals surface area contributed by atoms with Gasteiger partial charge in [0.05, 0.1) is 13.2 Å². The van der Waals surface area contributed by atoms with Crippen molar-refractivity contribution < 1.29 is 10.2 Å². The highest BCUT2D eigenvalue weighted by atomic mass is 16.3. The van der Waals surface area contributed by atoms with E-state index >= 15 is 0 Å². The Morgan fingerprint density at radius 1 is 1.06 bits per heavy atom. The first-order valence-electron chi connectivity index (χ1n) is 6.08. The smallest absolute Gasteiger partial charge is 0.0681 e. The van der Waals surface area contributed by atoms with E-state index in [1.54, 1.807) is 0 Å². The van der Waals surface area contributed by atoms with Crippen LogP contribution < -0.4 is 0 Å². The van der Waals surface area contributed by atoms with E-state index < -0.39 is 0 Å². The normalized spacial score (nSPS) is 12.1. The minimum Gasteiger partial charge on any atom is -0.394 e. The summed E-state index contributed by atoms with van der Waals surface area (Å²) in [6, 6.07) is 7.94. The molecule has 0 saturated heterocycles. The lowest BCUT2D eigenvalue weighted by molar-refractivity contribution is 0.0551. The van der Waals surface area contributed by atoms with Gasteiger partial charge in [-0.3, -0.25) is 4.90 Å². The molecule has 0 atom stereocenters. The van der Waals surface area contributed by atoms with E-state index in [1.807, 2.05) is 38.1 Å². The molecule has 0 radical (unpaired) electrons. The average molecular weight is 237 g/mol. The Kier molecular flexibility index (Phi) is 5.12. The molecule has 0 spiro atoms.